The lowest BCUT2D eigenvalue weighted by atomic mass is 10.1. The van der Waals surface area contributed by atoms with Gasteiger partial charge in [-0.3, -0.25) is 0 Å². The molecule has 2 N–H and O–H groups in total. The second kappa shape index (κ2) is 2.21. The molecular weight excluding hydrogens is 124 g/mol. The molecule has 2 aliphatic rings. The van der Waals surface area contributed by atoms with Crippen LogP contribution in [0.2, 0.25) is 0 Å². The van der Waals surface area contributed by atoms with E-state index in [1.165, 1.54) is 11.3 Å². The molecule has 0 fully saturated rings. The van der Waals surface area contributed by atoms with Gasteiger partial charge in [-0.1, -0.05) is 6.08 Å². The Balaban J connectivity index is 2.32. The highest BCUT2D eigenvalue weighted by molar-refractivity contribution is 5.42. The van der Waals surface area contributed by atoms with Crippen molar-refractivity contribution in [3.63, 3.8) is 0 Å². The summed E-state index contributed by atoms with van der Waals surface area (Å²) >= 11 is 0. The second-order valence-corrected chi connectivity index (χ2v) is 2.43. The van der Waals surface area contributed by atoms with Gasteiger partial charge in [-0.15, -0.1) is 0 Å². The first kappa shape index (κ1) is 5.59. The fourth-order valence-electron chi connectivity index (χ4n) is 1.21. The third-order valence-electron chi connectivity index (χ3n) is 1.72. The Morgan fingerprint density at radius 2 is 2.40 bits per heavy atom. The van der Waals surface area contributed by atoms with E-state index in [9.17, 15) is 0 Å². The van der Waals surface area contributed by atoms with E-state index in [0.717, 1.165) is 13.0 Å². The predicted molar refractivity (Wildman–Crippen MR) is 41.1 cm³/mol. The van der Waals surface area contributed by atoms with Crippen LogP contribution in [0.25, 0.3) is 0 Å². The number of hydrogen-bond acceptors (Lipinski definition) is 2. The number of hydrogen-bond donors (Lipinski definition) is 2. The van der Waals surface area contributed by atoms with E-state index in [2.05, 4.69) is 22.8 Å². The quantitative estimate of drug-likeness (QED) is 0.513. The third kappa shape index (κ3) is 0.817. The molecule has 2 heterocycles. The minimum absolute atomic E-state index is 1.06. The Kier molecular flexibility index (Phi) is 1.24. The minimum Gasteiger partial charge on any atom is -0.383 e. The SMILES string of the molecule is C1=CC2=CCCNC2=CN1. The molecule has 0 bridgehead atoms. The normalized spacial score (nSPS) is 21.6. The van der Waals surface area contributed by atoms with Crippen molar-refractivity contribution in [2.45, 2.75) is 6.42 Å². The first-order valence-electron chi connectivity index (χ1n) is 3.54. The van der Waals surface area contributed by atoms with Gasteiger partial charge >= 0.3 is 0 Å². The Hall–Kier alpha value is -1.18. The van der Waals surface area contributed by atoms with Gasteiger partial charge in [0.25, 0.3) is 0 Å². The summed E-state index contributed by atoms with van der Waals surface area (Å²) in [5.74, 6) is 0. The molecule has 0 aliphatic carbocycles. The number of fused-ring (bicyclic) bond motifs is 1. The molecule has 0 aromatic rings. The predicted octanol–water partition coefficient (Wildman–Crippen LogP) is 0.864. The van der Waals surface area contributed by atoms with E-state index < -0.39 is 0 Å². The molecular formula is C8H10N2. The maximum absolute atomic E-state index is 3.30. The van der Waals surface area contributed by atoms with E-state index in [-0.39, 0.29) is 0 Å². The lowest BCUT2D eigenvalue weighted by Gasteiger charge is -2.19. The minimum atomic E-state index is 1.06. The fraction of sp³-hybridized carbons (Fsp3) is 0.250. The van der Waals surface area contributed by atoms with Crippen molar-refractivity contribution in [1.29, 1.82) is 0 Å². The first-order valence-corrected chi connectivity index (χ1v) is 3.54. The summed E-state index contributed by atoms with van der Waals surface area (Å²) in [7, 11) is 0. The summed E-state index contributed by atoms with van der Waals surface area (Å²) in [6.07, 6.45) is 9.41. The van der Waals surface area contributed by atoms with Gasteiger partial charge < -0.3 is 10.6 Å². The van der Waals surface area contributed by atoms with Gasteiger partial charge in [0.1, 0.15) is 0 Å². The van der Waals surface area contributed by atoms with Gasteiger partial charge in [-0.25, -0.2) is 0 Å². The van der Waals surface area contributed by atoms with Gasteiger partial charge in [0.15, 0.2) is 0 Å². The Morgan fingerprint density at radius 3 is 3.30 bits per heavy atom. The highest BCUT2D eigenvalue weighted by Gasteiger charge is 2.07. The summed E-state index contributed by atoms with van der Waals surface area (Å²) in [6.45, 7) is 1.06. The molecule has 0 aromatic carbocycles. The van der Waals surface area contributed by atoms with Crippen LogP contribution in [0.4, 0.5) is 0 Å². The smallest absolute Gasteiger partial charge is 0.0574 e. The van der Waals surface area contributed by atoms with E-state index in [1.807, 2.05) is 12.4 Å². The molecule has 2 aliphatic heterocycles. The number of nitrogens with one attached hydrogen (secondary N) is 2. The first-order chi connectivity index (χ1) is 4.97. The second-order valence-electron chi connectivity index (χ2n) is 2.43. The van der Waals surface area contributed by atoms with E-state index in [0.29, 0.717) is 0 Å². The van der Waals surface area contributed by atoms with Crippen molar-refractivity contribution in [3.05, 3.63) is 35.8 Å². The van der Waals surface area contributed by atoms with Crippen LogP contribution in [0.3, 0.4) is 0 Å². The highest BCUT2D eigenvalue weighted by Crippen LogP contribution is 2.15. The van der Waals surface area contributed by atoms with Crippen LogP contribution in [-0.4, -0.2) is 6.54 Å². The molecule has 0 spiro atoms. The zero-order valence-corrected chi connectivity index (χ0v) is 5.72. The molecule has 0 atom stereocenters. The molecule has 0 unspecified atom stereocenters. The van der Waals surface area contributed by atoms with Gasteiger partial charge in [0.2, 0.25) is 0 Å². The molecule has 0 radical (unpaired) electrons. The fourth-order valence-corrected chi connectivity index (χ4v) is 1.21. The molecule has 0 aromatic heterocycles. The number of dihydropyridines is 1. The summed E-state index contributed by atoms with van der Waals surface area (Å²) in [4.78, 5) is 0. The monoisotopic (exact) mass is 134 g/mol. The maximum Gasteiger partial charge on any atom is 0.0574 e. The van der Waals surface area contributed by atoms with Crippen molar-refractivity contribution in [3.8, 4) is 0 Å². The lowest BCUT2D eigenvalue weighted by Crippen LogP contribution is -2.23. The Labute approximate surface area is 60.3 Å². The third-order valence-corrected chi connectivity index (χ3v) is 1.72. The maximum atomic E-state index is 3.30. The van der Waals surface area contributed by atoms with E-state index in [1.54, 1.807) is 0 Å². The number of rotatable bonds is 0. The van der Waals surface area contributed by atoms with Crippen LogP contribution in [0, 0.1) is 0 Å². The zero-order valence-electron chi connectivity index (χ0n) is 5.72. The van der Waals surface area contributed by atoms with Crippen molar-refractivity contribution in [2.24, 2.45) is 0 Å². The summed E-state index contributed by atoms with van der Waals surface area (Å²) in [5, 5.41) is 6.34. The van der Waals surface area contributed by atoms with Crippen LogP contribution in [-0.2, 0) is 0 Å². The van der Waals surface area contributed by atoms with Crippen LogP contribution in [0.5, 0.6) is 0 Å². The van der Waals surface area contributed by atoms with Gasteiger partial charge in [-0.2, -0.15) is 0 Å². The van der Waals surface area contributed by atoms with Crippen molar-refractivity contribution >= 4 is 0 Å². The van der Waals surface area contributed by atoms with Crippen molar-refractivity contribution < 1.29 is 0 Å². The van der Waals surface area contributed by atoms with Gasteiger partial charge in [0, 0.05) is 18.9 Å². The van der Waals surface area contributed by atoms with Gasteiger partial charge in [0.05, 0.1) is 5.70 Å². The molecule has 52 valence electrons. The standard InChI is InChI=1S/C8H10N2/c1-2-7-3-5-9-6-8(7)10-4-1/h2-3,5-6,9-10H,1,4H2. The van der Waals surface area contributed by atoms with E-state index >= 15 is 0 Å². The van der Waals surface area contributed by atoms with Crippen LogP contribution >= 0.6 is 0 Å². The Morgan fingerprint density at radius 1 is 1.40 bits per heavy atom. The molecule has 2 nitrogen and oxygen atoms in total. The van der Waals surface area contributed by atoms with Crippen LogP contribution in [0.15, 0.2) is 35.8 Å². The molecule has 2 heteroatoms. The highest BCUT2D eigenvalue weighted by atomic mass is 14.9. The molecule has 0 saturated carbocycles. The molecule has 2 rings (SSSR count). The van der Waals surface area contributed by atoms with E-state index in [4.69, 9.17) is 0 Å². The lowest BCUT2D eigenvalue weighted by molar-refractivity contribution is 0.770. The zero-order chi connectivity index (χ0) is 6.81. The molecule has 0 saturated heterocycles. The van der Waals surface area contributed by atoms with Crippen LogP contribution in [0.1, 0.15) is 6.42 Å². The van der Waals surface area contributed by atoms with Crippen molar-refractivity contribution in [1.82, 2.24) is 10.6 Å². The Bertz CT molecular complexity index is 223. The summed E-state index contributed by atoms with van der Waals surface area (Å²) < 4.78 is 0. The average Bonchev–Trinajstić information content (AvgIpc) is 2.05. The van der Waals surface area contributed by atoms with Crippen molar-refractivity contribution in [2.75, 3.05) is 6.54 Å². The molecule has 0 amide bonds. The van der Waals surface area contributed by atoms with Crippen LogP contribution < -0.4 is 10.6 Å². The molecule has 10 heavy (non-hydrogen) atoms. The number of allylic oxidation sites excluding steroid dienone is 1. The largest absolute Gasteiger partial charge is 0.383 e. The average molecular weight is 134 g/mol. The topological polar surface area (TPSA) is 24.1 Å². The van der Waals surface area contributed by atoms with Gasteiger partial charge in [-0.05, 0) is 18.1 Å². The summed E-state index contributed by atoms with van der Waals surface area (Å²) in [6, 6.07) is 0. The summed E-state index contributed by atoms with van der Waals surface area (Å²) in [5.41, 5.74) is 2.53.